The van der Waals surface area contributed by atoms with Crippen LogP contribution in [0.25, 0.3) is 11.1 Å². The maximum atomic E-state index is 12.7. The lowest BCUT2D eigenvalue weighted by atomic mass is 10.2. The first-order chi connectivity index (χ1) is 17.3. The molecule has 0 spiro atoms. The van der Waals surface area contributed by atoms with Crippen molar-refractivity contribution in [3.63, 3.8) is 0 Å². The van der Waals surface area contributed by atoms with Crippen LogP contribution in [0.15, 0.2) is 92.4 Å². The lowest BCUT2D eigenvalue weighted by Gasteiger charge is -2.10. The Hall–Kier alpha value is -4.16. The number of oxazole rings is 1. The molecule has 2 amide bonds. The van der Waals surface area contributed by atoms with Crippen LogP contribution in [0.3, 0.4) is 0 Å². The Kier molecular flexibility index (Phi) is 7.66. The van der Waals surface area contributed by atoms with Crippen molar-refractivity contribution in [2.24, 2.45) is 5.10 Å². The average molecular weight is 525 g/mol. The molecule has 0 aliphatic rings. The molecule has 3 aromatic carbocycles. The van der Waals surface area contributed by atoms with Crippen LogP contribution < -0.4 is 14.9 Å². The van der Waals surface area contributed by atoms with Gasteiger partial charge in [0.1, 0.15) is 10.4 Å². The van der Waals surface area contributed by atoms with Crippen molar-refractivity contribution >= 4 is 56.7 Å². The minimum atomic E-state index is -4.16. The second-order valence-corrected chi connectivity index (χ2v) is 9.78. The van der Waals surface area contributed by atoms with Gasteiger partial charge in [-0.25, -0.2) is 10.4 Å². The highest BCUT2D eigenvalue weighted by Gasteiger charge is 2.18. The van der Waals surface area contributed by atoms with Crippen LogP contribution in [-0.2, 0) is 19.7 Å². The highest BCUT2D eigenvalue weighted by Crippen LogP contribution is 2.24. The number of nitrogens with zero attached hydrogens (tertiary/aromatic N) is 2. The SMILES string of the molecule is CC(=O)Nc1ccc(S(=O)(=O)Oc2ccccc2/C=N\NC(=O)CSc2nc3ccccc3o2)cc1. The fraction of sp³-hybridized carbons (Fsp3) is 0.0833. The Balaban J connectivity index is 1.36. The Labute approximate surface area is 210 Å². The van der Waals surface area contributed by atoms with Crippen molar-refractivity contribution in [1.82, 2.24) is 10.4 Å². The molecule has 10 nitrogen and oxygen atoms in total. The molecular weight excluding hydrogens is 504 g/mol. The zero-order valence-electron chi connectivity index (χ0n) is 18.9. The minimum absolute atomic E-state index is 0.0190. The van der Waals surface area contributed by atoms with E-state index in [1.165, 1.54) is 43.5 Å². The average Bonchev–Trinajstić information content (AvgIpc) is 3.27. The van der Waals surface area contributed by atoms with Gasteiger partial charge in [-0.1, -0.05) is 36.0 Å². The smallest absolute Gasteiger partial charge is 0.339 e. The number of hydrazone groups is 1. The van der Waals surface area contributed by atoms with E-state index < -0.39 is 16.0 Å². The Morgan fingerprint density at radius 2 is 1.78 bits per heavy atom. The molecule has 2 N–H and O–H groups in total. The molecular formula is C24H20N4O6S2. The number of rotatable bonds is 9. The van der Waals surface area contributed by atoms with Gasteiger partial charge in [0, 0.05) is 18.2 Å². The van der Waals surface area contributed by atoms with Gasteiger partial charge in [-0.15, -0.1) is 0 Å². The minimum Gasteiger partial charge on any atom is -0.431 e. The van der Waals surface area contributed by atoms with Crippen LogP contribution in [0.4, 0.5) is 5.69 Å². The van der Waals surface area contributed by atoms with Crippen molar-refractivity contribution in [3.05, 3.63) is 78.4 Å². The van der Waals surface area contributed by atoms with E-state index in [0.717, 1.165) is 11.8 Å². The molecule has 0 saturated carbocycles. The third kappa shape index (κ3) is 6.49. The van der Waals surface area contributed by atoms with Crippen LogP contribution in [-0.4, -0.2) is 37.2 Å². The van der Waals surface area contributed by atoms with Gasteiger partial charge in [0.05, 0.1) is 12.0 Å². The first-order valence-electron chi connectivity index (χ1n) is 10.5. The van der Waals surface area contributed by atoms with Crippen molar-refractivity contribution in [2.75, 3.05) is 11.1 Å². The summed E-state index contributed by atoms with van der Waals surface area (Å²) in [5.74, 6) is -0.622. The summed E-state index contributed by atoms with van der Waals surface area (Å²) in [7, 11) is -4.16. The highest BCUT2D eigenvalue weighted by atomic mass is 32.2. The lowest BCUT2D eigenvalue weighted by molar-refractivity contribution is -0.118. The van der Waals surface area contributed by atoms with E-state index in [1.54, 1.807) is 24.3 Å². The quantitative estimate of drug-likeness (QED) is 0.146. The Morgan fingerprint density at radius 3 is 2.53 bits per heavy atom. The number of aromatic nitrogens is 1. The third-order valence-corrected chi connectivity index (χ3v) is 6.65. The summed E-state index contributed by atoms with van der Waals surface area (Å²) in [4.78, 5) is 27.5. The van der Waals surface area contributed by atoms with Crippen molar-refractivity contribution in [2.45, 2.75) is 17.0 Å². The number of amides is 2. The molecule has 1 aromatic heterocycles. The summed E-state index contributed by atoms with van der Waals surface area (Å²) in [5.41, 5.74) is 4.51. The molecule has 0 saturated heterocycles. The van der Waals surface area contributed by atoms with E-state index in [2.05, 4.69) is 20.8 Å². The van der Waals surface area contributed by atoms with Gasteiger partial charge in [-0.05, 0) is 48.5 Å². The van der Waals surface area contributed by atoms with E-state index in [1.807, 2.05) is 18.2 Å². The van der Waals surface area contributed by atoms with Crippen molar-refractivity contribution < 1.29 is 26.6 Å². The number of carbonyl (C=O) groups excluding carboxylic acids is 2. The van der Waals surface area contributed by atoms with Crippen molar-refractivity contribution in [1.29, 1.82) is 0 Å². The molecule has 0 atom stereocenters. The largest absolute Gasteiger partial charge is 0.431 e. The molecule has 0 fully saturated rings. The van der Waals surface area contributed by atoms with Gasteiger partial charge in [0.15, 0.2) is 11.3 Å². The van der Waals surface area contributed by atoms with E-state index in [4.69, 9.17) is 8.60 Å². The number of fused-ring (bicyclic) bond motifs is 1. The molecule has 0 aliphatic heterocycles. The normalized spacial score (nSPS) is 11.5. The fourth-order valence-corrected chi connectivity index (χ4v) is 4.57. The van der Waals surface area contributed by atoms with E-state index in [0.29, 0.717) is 27.6 Å². The predicted octanol–water partition coefficient (Wildman–Crippen LogP) is 3.80. The highest BCUT2D eigenvalue weighted by molar-refractivity contribution is 7.99. The Morgan fingerprint density at radius 1 is 1.06 bits per heavy atom. The number of para-hydroxylation sites is 3. The zero-order chi connectivity index (χ0) is 25.5. The van der Waals surface area contributed by atoms with Crippen LogP contribution >= 0.6 is 11.8 Å². The molecule has 184 valence electrons. The summed E-state index contributed by atoms with van der Waals surface area (Å²) in [5, 5.41) is 6.82. The monoisotopic (exact) mass is 524 g/mol. The number of carbonyl (C=O) groups is 2. The molecule has 0 unspecified atom stereocenters. The lowest BCUT2D eigenvalue weighted by Crippen LogP contribution is -2.19. The molecule has 0 aliphatic carbocycles. The number of anilines is 1. The number of thioether (sulfide) groups is 1. The van der Waals surface area contributed by atoms with Gasteiger partial charge in [0.25, 0.3) is 11.1 Å². The number of nitrogens with one attached hydrogen (secondary N) is 2. The second kappa shape index (κ2) is 11.1. The topological polar surface area (TPSA) is 140 Å². The van der Waals surface area contributed by atoms with Gasteiger partial charge in [-0.2, -0.15) is 13.5 Å². The third-order valence-electron chi connectivity index (χ3n) is 4.58. The Bertz CT molecular complexity index is 1500. The van der Waals surface area contributed by atoms with Gasteiger partial charge < -0.3 is 13.9 Å². The molecule has 1 heterocycles. The van der Waals surface area contributed by atoms with E-state index in [9.17, 15) is 18.0 Å². The summed E-state index contributed by atoms with van der Waals surface area (Å²) >= 11 is 1.12. The van der Waals surface area contributed by atoms with Crippen LogP contribution in [0.2, 0.25) is 0 Å². The summed E-state index contributed by atoms with van der Waals surface area (Å²) in [6.45, 7) is 1.35. The number of hydrogen-bond acceptors (Lipinski definition) is 9. The van der Waals surface area contributed by atoms with Crippen LogP contribution in [0.5, 0.6) is 5.75 Å². The summed E-state index contributed by atoms with van der Waals surface area (Å²) in [6, 6.07) is 19.2. The van der Waals surface area contributed by atoms with Crippen LogP contribution in [0.1, 0.15) is 12.5 Å². The first kappa shape index (κ1) is 24.9. The number of hydrogen-bond donors (Lipinski definition) is 2. The van der Waals surface area contributed by atoms with Crippen molar-refractivity contribution in [3.8, 4) is 5.75 Å². The summed E-state index contributed by atoms with van der Waals surface area (Å²) in [6.07, 6.45) is 1.28. The maximum absolute atomic E-state index is 12.7. The van der Waals surface area contributed by atoms with Gasteiger partial charge >= 0.3 is 10.1 Å². The molecule has 12 heteroatoms. The first-order valence-corrected chi connectivity index (χ1v) is 12.9. The zero-order valence-corrected chi connectivity index (χ0v) is 20.5. The predicted molar refractivity (Wildman–Crippen MR) is 135 cm³/mol. The fourth-order valence-electron chi connectivity index (χ4n) is 2.98. The molecule has 0 bridgehead atoms. The standard InChI is InChI=1S/C24H20N4O6S2/c1-16(29)26-18-10-12-19(13-11-18)36(31,32)34-21-8-4-2-6-17(21)14-25-28-23(30)15-35-24-27-20-7-3-5-9-22(20)33-24/h2-14H,15H2,1H3,(H,26,29)(H,28,30)/b25-14-. The number of benzene rings is 3. The molecule has 4 rings (SSSR count). The molecule has 4 aromatic rings. The van der Waals surface area contributed by atoms with E-state index >= 15 is 0 Å². The van der Waals surface area contributed by atoms with Gasteiger partial charge in [-0.3, -0.25) is 9.59 Å². The van der Waals surface area contributed by atoms with Crippen LogP contribution in [0, 0.1) is 0 Å². The van der Waals surface area contributed by atoms with Gasteiger partial charge in [0.2, 0.25) is 5.91 Å². The second-order valence-electron chi connectivity index (χ2n) is 7.31. The maximum Gasteiger partial charge on any atom is 0.339 e. The summed E-state index contributed by atoms with van der Waals surface area (Å²) < 4.78 is 36.3. The molecule has 36 heavy (non-hydrogen) atoms. The molecule has 0 radical (unpaired) electrons. The van der Waals surface area contributed by atoms with E-state index in [-0.39, 0.29) is 22.3 Å².